The van der Waals surface area contributed by atoms with Gasteiger partial charge in [0.2, 0.25) is 0 Å². The molecule has 2 aromatic rings. The minimum atomic E-state index is -0.296. The summed E-state index contributed by atoms with van der Waals surface area (Å²) in [6, 6.07) is 9.21. The van der Waals surface area contributed by atoms with Crippen molar-refractivity contribution in [2.24, 2.45) is 0 Å². The van der Waals surface area contributed by atoms with Gasteiger partial charge >= 0.3 is 0 Å². The molecule has 0 atom stereocenters. The maximum Gasteiger partial charge on any atom is 0.257 e. The number of nitrogens with one attached hydrogen (secondary N) is 1. The lowest BCUT2D eigenvalue weighted by molar-refractivity contribution is 0.102. The summed E-state index contributed by atoms with van der Waals surface area (Å²) in [4.78, 5) is 15.9. The third-order valence-electron chi connectivity index (χ3n) is 2.90. The maximum atomic E-state index is 12.1. The van der Waals surface area contributed by atoms with E-state index in [2.05, 4.69) is 17.2 Å². The number of nitrogens with zero attached hydrogens (tertiary/aromatic N) is 1. The summed E-state index contributed by atoms with van der Waals surface area (Å²) in [5, 5.41) is 3.03. The Hall–Kier alpha value is -2.07. The molecule has 3 N–H and O–H groups in total. The molecule has 0 unspecified atom stereocenters. The van der Waals surface area contributed by atoms with Crippen LogP contribution in [0.15, 0.2) is 36.5 Å². The summed E-state index contributed by atoms with van der Waals surface area (Å²) in [6.07, 6.45) is 3.50. The van der Waals surface area contributed by atoms with E-state index >= 15 is 0 Å². The molecule has 1 aromatic heterocycles. The van der Waals surface area contributed by atoms with Crippen molar-refractivity contribution < 1.29 is 4.79 Å². The second-order valence-electron chi connectivity index (χ2n) is 4.50. The van der Waals surface area contributed by atoms with Gasteiger partial charge < -0.3 is 11.1 Å². The predicted octanol–water partition coefficient (Wildman–Crippen LogP) is 3.52. The number of carbonyl (C=O) groups is 1. The van der Waals surface area contributed by atoms with Crippen molar-refractivity contribution in [2.45, 2.75) is 19.8 Å². The van der Waals surface area contributed by atoms with Crippen molar-refractivity contribution in [1.29, 1.82) is 0 Å². The standard InChI is InChI=1S/C15H16ClN3O/c1-2-3-10-4-6-11(7-5-10)19-15(20)12-8-14(16)18-9-13(12)17/h4-9H,2-3,17H2,1H3,(H,19,20). The maximum absolute atomic E-state index is 12.1. The number of halogens is 1. The molecule has 0 fully saturated rings. The Morgan fingerprint density at radius 3 is 2.70 bits per heavy atom. The number of hydrogen-bond acceptors (Lipinski definition) is 3. The van der Waals surface area contributed by atoms with Gasteiger partial charge in [-0.25, -0.2) is 4.98 Å². The highest BCUT2D eigenvalue weighted by Crippen LogP contribution is 2.18. The Labute approximate surface area is 123 Å². The molecule has 0 saturated carbocycles. The van der Waals surface area contributed by atoms with E-state index in [1.54, 1.807) is 0 Å². The highest BCUT2D eigenvalue weighted by atomic mass is 35.5. The fraction of sp³-hybridized carbons (Fsp3) is 0.200. The molecular formula is C15H16ClN3O. The highest BCUT2D eigenvalue weighted by molar-refractivity contribution is 6.30. The van der Waals surface area contributed by atoms with Crippen molar-refractivity contribution >= 4 is 28.9 Å². The third kappa shape index (κ3) is 3.48. The molecule has 0 aliphatic carbocycles. The molecule has 1 aromatic carbocycles. The Balaban J connectivity index is 2.13. The van der Waals surface area contributed by atoms with Gasteiger partial charge in [-0.1, -0.05) is 37.1 Å². The smallest absolute Gasteiger partial charge is 0.257 e. The molecule has 1 amide bonds. The van der Waals surface area contributed by atoms with Crippen LogP contribution in [0, 0.1) is 0 Å². The first-order valence-electron chi connectivity index (χ1n) is 6.41. The molecule has 0 aliphatic heterocycles. The zero-order chi connectivity index (χ0) is 14.5. The van der Waals surface area contributed by atoms with E-state index in [1.165, 1.54) is 17.8 Å². The van der Waals surface area contributed by atoms with Crippen molar-refractivity contribution in [3.8, 4) is 0 Å². The van der Waals surface area contributed by atoms with Crippen LogP contribution < -0.4 is 11.1 Å². The average molecular weight is 290 g/mol. The number of benzene rings is 1. The summed E-state index contributed by atoms with van der Waals surface area (Å²) in [7, 11) is 0. The highest BCUT2D eigenvalue weighted by Gasteiger charge is 2.11. The van der Waals surface area contributed by atoms with Gasteiger partial charge in [0.05, 0.1) is 17.4 Å². The van der Waals surface area contributed by atoms with Gasteiger partial charge in [0.25, 0.3) is 5.91 Å². The van der Waals surface area contributed by atoms with Crippen molar-refractivity contribution in [2.75, 3.05) is 11.1 Å². The lowest BCUT2D eigenvalue weighted by atomic mass is 10.1. The molecule has 0 aliphatic rings. The Morgan fingerprint density at radius 1 is 1.35 bits per heavy atom. The summed E-state index contributed by atoms with van der Waals surface area (Å²) in [6.45, 7) is 2.13. The summed E-state index contributed by atoms with van der Waals surface area (Å²) < 4.78 is 0. The minimum Gasteiger partial charge on any atom is -0.397 e. The van der Waals surface area contributed by atoms with Gasteiger partial charge in [0.15, 0.2) is 0 Å². The monoisotopic (exact) mass is 289 g/mol. The Bertz CT molecular complexity index is 611. The molecule has 4 nitrogen and oxygen atoms in total. The Kier molecular flexibility index (Phi) is 4.58. The Morgan fingerprint density at radius 2 is 2.05 bits per heavy atom. The number of aromatic nitrogens is 1. The zero-order valence-electron chi connectivity index (χ0n) is 11.2. The van der Waals surface area contributed by atoms with Crippen LogP contribution in [0.3, 0.4) is 0 Å². The number of amides is 1. The number of hydrogen-bond donors (Lipinski definition) is 2. The van der Waals surface area contributed by atoms with Crippen LogP contribution in [-0.4, -0.2) is 10.9 Å². The van der Waals surface area contributed by atoms with E-state index in [0.717, 1.165) is 18.5 Å². The van der Waals surface area contributed by atoms with Crippen LogP contribution in [0.2, 0.25) is 5.15 Å². The fourth-order valence-corrected chi connectivity index (χ4v) is 2.04. The quantitative estimate of drug-likeness (QED) is 0.846. The van der Waals surface area contributed by atoms with Crippen LogP contribution >= 0.6 is 11.6 Å². The topological polar surface area (TPSA) is 68.0 Å². The molecule has 104 valence electrons. The lowest BCUT2D eigenvalue weighted by Crippen LogP contribution is -2.14. The van der Waals surface area contributed by atoms with Crippen molar-refractivity contribution in [1.82, 2.24) is 4.98 Å². The normalized spacial score (nSPS) is 10.3. The van der Waals surface area contributed by atoms with E-state index in [4.69, 9.17) is 17.3 Å². The number of nitrogen functional groups attached to an aromatic ring is 1. The van der Waals surface area contributed by atoms with Gasteiger partial charge in [-0.3, -0.25) is 4.79 Å². The third-order valence-corrected chi connectivity index (χ3v) is 3.10. The van der Waals surface area contributed by atoms with Gasteiger partial charge in [0, 0.05) is 5.69 Å². The number of aryl methyl sites for hydroxylation is 1. The first-order valence-corrected chi connectivity index (χ1v) is 6.79. The molecule has 0 saturated heterocycles. The van der Waals surface area contributed by atoms with E-state index < -0.39 is 0 Å². The first kappa shape index (κ1) is 14.3. The van der Waals surface area contributed by atoms with Gasteiger partial charge in [-0.05, 0) is 30.2 Å². The zero-order valence-corrected chi connectivity index (χ0v) is 11.9. The largest absolute Gasteiger partial charge is 0.397 e. The molecule has 0 spiro atoms. The fourth-order valence-electron chi connectivity index (χ4n) is 1.88. The van der Waals surface area contributed by atoms with Crippen LogP contribution in [0.25, 0.3) is 0 Å². The summed E-state index contributed by atoms with van der Waals surface area (Å²) in [5.74, 6) is -0.296. The summed E-state index contributed by atoms with van der Waals surface area (Å²) >= 11 is 5.77. The summed E-state index contributed by atoms with van der Waals surface area (Å²) in [5.41, 5.74) is 8.32. The second-order valence-corrected chi connectivity index (χ2v) is 4.88. The molecule has 5 heteroatoms. The molecule has 20 heavy (non-hydrogen) atoms. The molecule has 0 bridgehead atoms. The van der Waals surface area contributed by atoms with Gasteiger partial charge in [0.1, 0.15) is 5.15 Å². The molecule has 0 radical (unpaired) electrons. The van der Waals surface area contributed by atoms with E-state index in [0.29, 0.717) is 11.3 Å². The van der Waals surface area contributed by atoms with E-state index in [1.807, 2.05) is 24.3 Å². The van der Waals surface area contributed by atoms with E-state index in [-0.39, 0.29) is 11.1 Å². The SMILES string of the molecule is CCCc1ccc(NC(=O)c2cc(Cl)ncc2N)cc1. The van der Waals surface area contributed by atoms with Crippen LogP contribution in [0.4, 0.5) is 11.4 Å². The number of anilines is 2. The average Bonchev–Trinajstić information content (AvgIpc) is 2.44. The van der Waals surface area contributed by atoms with Crippen LogP contribution in [0.5, 0.6) is 0 Å². The number of rotatable bonds is 4. The lowest BCUT2D eigenvalue weighted by Gasteiger charge is -2.08. The number of carbonyl (C=O) groups excluding carboxylic acids is 1. The molecule has 2 rings (SSSR count). The van der Waals surface area contributed by atoms with Crippen LogP contribution in [-0.2, 0) is 6.42 Å². The van der Waals surface area contributed by atoms with E-state index in [9.17, 15) is 4.79 Å². The first-order chi connectivity index (χ1) is 9.60. The van der Waals surface area contributed by atoms with Crippen molar-refractivity contribution in [3.05, 3.63) is 52.8 Å². The van der Waals surface area contributed by atoms with Gasteiger partial charge in [-0.15, -0.1) is 0 Å². The predicted molar refractivity (Wildman–Crippen MR) is 82.0 cm³/mol. The molecular weight excluding hydrogens is 274 g/mol. The van der Waals surface area contributed by atoms with Crippen molar-refractivity contribution in [3.63, 3.8) is 0 Å². The molecule has 1 heterocycles. The second kappa shape index (κ2) is 6.39. The van der Waals surface area contributed by atoms with Gasteiger partial charge in [-0.2, -0.15) is 0 Å². The van der Waals surface area contributed by atoms with Crippen LogP contribution in [0.1, 0.15) is 29.3 Å². The number of pyridine rings is 1. The number of nitrogens with two attached hydrogens (primary N) is 1. The minimum absolute atomic E-state index is 0.239.